The van der Waals surface area contributed by atoms with Gasteiger partial charge in [0.15, 0.2) is 0 Å². The lowest BCUT2D eigenvalue weighted by molar-refractivity contribution is 0.451. The number of alkyl halides is 1. The summed E-state index contributed by atoms with van der Waals surface area (Å²) in [6.07, 6.45) is 6.86. The first kappa shape index (κ1) is 18.2. The lowest BCUT2D eigenvalue weighted by Crippen LogP contribution is -2.04. The molecule has 0 fully saturated rings. The smallest absolute Gasteiger partial charge is 0.142 e. The average Bonchev–Trinajstić information content (AvgIpc) is 3.20. The van der Waals surface area contributed by atoms with E-state index in [1.165, 1.54) is 6.07 Å². The van der Waals surface area contributed by atoms with E-state index in [4.69, 9.17) is 0 Å². The molecular weight excluding hydrogens is 484 g/mol. The molecule has 0 amide bonds. The molecule has 0 bridgehead atoms. The minimum atomic E-state index is -0.553. The zero-order valence-electron chi connectivity index (χ0n) is 13.9. The number of hydrogen-bond acceptors (Lipinski definition) is 3. The number of halogens is 4. The Morgan fingerprint density at radius 3 is 2.63 bits per heavy atom. The Bertz CT molecular complexity index is 1120. The van der Waals surface area contributed by atoms with Crippen LogP contribution >= 0.6 is 31.9 Å². The zero-order chi connectivity index (χ0) is 19.0. The van der Waals surface area contributed by atoms with Crippen LogP contribution in [0.2, 0.25) is 0 Å². The van der Waals surface area contributed by atoms with E-state index < -0.39 is 12.5 Å². The van der Waals surface area contributed by atoms with Crippen LogP contribution in [-0.4, -0.2) is 30.8 Å². The Morgan fingerprint density at radius 2 is 1.89 bits per heavy atom. The molecule has 0 atom stereocenters. The molecule has 0 aliphatic heterocycles. The molecule has 3 aromatic heterocycles. The van der Waals surface area contributed by atoms with Crippen molar-refractivity contribution >= 4 is 42.9 Å². The maximum Gasteiger partial charge on any atom is 0.142 e. The molecule has 0 N–H and O–H groups in total. The van der Waals surface area contributed by atoms with E-state index in [0.717, 1.165) is 15.7 Å². The number of aryl methyl sites for hydroxylation is 1. The summed E-state index contributed by atoms with van der Waals surface area (Å²) in [6.45, 7) is 0.148. The summed E-state index contributed by atoms with van der Waals surface area (Å²) in [5, 5.41) is 0. The first-order valence-electron chi connectivity index (χ1n) is 8.08. The maximum absolute atomic E-state index is 13.9. The summed E-state index contributed by atoms with van der Waals surface area (Å²) >= 11 is 6.62. The van der Waals surface area contributed by atoms with E-state index in [2.05, 4.69) is 46.8 Å². The largest absolute Gasteiger partial charge is 0.321 e. The van der Waals surface area contributed by atoms with E-state index in [1.807, 2.05) is 10.6 Å². The highest BCUT2D eigenvalue weighted by Crippen LogP contribution is 2.29. The molecule has 3 heterocycles. The van der Waals surface area contributed by atoms with E-state index in [1.54, 1.807) is 35.6 Å². The van der Waals surface area contributed by atoms with E-state index in [9.17, 15) is 8.78 Å². The van der Waals surface area contributed by atoms with Crippen molar-refractivity contribution < 1.29 is 8.78 Å². The van der Waals surface area contributed by atoms with E-state index in [-0.39, 0.29) is 6.54 Å². The fourth-order valence-corrected chi connectivity index (χ4v) is 3.63. The molecule has 138 valence electrons. The fraction of sp³-hybridized carbons (Fsp3) is 0.167. The van der Waals surface area contributed by atoms with Gasteiger partial charge in [0.2, 0.25) is 0 Å². The molecule has 4 aromatic rings. The third-order valence-electron chi connectivity index (χ3n) is 4.17. The monoisotopic (exact) mass is 495 g/mol. The Balaban J connectivity index is 1.80. The van der Waals surface area contributed by atoms with Crippen LogP contribution in [-0.2, 0) is 13.1 Å². The van der Waals surface area contributed by atoms with Crippen LogP contribution in [0.1, 0.15) is 5.56 Å². The van der Waals surface area contributed by atoms with Crippen molar-refractivity contribution in [3.63, 3.8) is 0 Å². The highest BCUT2D eigenvalue weighted by Gasteiger charge is 2.16. The van der Waals surface area contributed by atoms with Gasteiger partial charge in [0.05, 0.1) is 41.1 Å². The average molecular weight is 497 g/mol. The van der Waals surface area contributed by atoms with Gasteiger partial charge >= 0.3 is 0 Å². The summed E-state index contributed by atoms with van der Waals surface area (Å²) in [6, 6.07) is 4.91. The summed E-state index contributed by atoms with van der Waals surface area (Å²) < 4.78 is 31.9. The van der Waals surface area contributed by atoms with Gasteiger partial charge in [0.25, 0.3) is 0 Å². The van der Waals surface area contributed by atoms with Crippen molar-refractivity contribution in [1.29, 1.82) is 0 Å². The van der Waals surface area contributed by atoms with Gasteiger partial charge in [-0.3, -0.25) is 4.98 Å². The molecular formula is C18H13Br2F2N5. The Kier molecular flexibility index (Phi) is 5.05. The lowest BCUT2D eigenvalue weighted by atomic mass is 10.2. The molecule has 9 heteroatoms. The molecule has 27 heavy (non-hydrogen) atoms. The third-order valence-corrected chi connectivity index (χ3v) is 5.43. The lowest BCUT2D eigenvalue weighted by Gasteiger charge is -2.09. The third kappa shape index (κ3) is 3.53. The first-order chi connectivity index (χ1) is 13.1. The van der Waals surface area contributed by atoms with Gasteiger partial charge < -0.3 is 9.13 Å². The van der Waals surface area contributed by atoms with Crippen molar-refractivity contribution in [2.75, 3.05) is 6.67 Å². The molecule has 0 unspecified atom stereocenters. The summed E-state index contributed by atoms with van der Waals surface area (Å²) in [7, 11) is 0. The second-order valence-electron chi connectivity index (χ2n) is 5.96. The second kappa shape index (κ2) is 7.47. The number of benzene rings is 1. The summed E-state index contributed by atoms with van der Waals surface area (Å²) in [4.78, 5) is 12.9. The number of nitrogens with zero attached hydrogens (tertiary/aromatic N) is 5. The van der Waals surface area contributed by atoms with Crippen molar-refractivity contribution in [3.8, 4) is 11.4 Å². The van der Waals surface area contributed by atoms with Crippen LogP contribution in [0.5, 0.6) is 0 Å². The highest BCUT2D eigenvalue weighted by atomic mass is 79.9. The van der Waals surface area contributed by atoms with Crippen LogP contribution in [0.4, 0.5) is 8.78 Å². The number of pyridine rings is 1. The Labute approximate surface area is 170 Å². The van der Waals surface area contributed by atoms with Gasteiger partial charge in [-0.15, -0.1) is 0 Å². The number of fused-ring (bicyclic) bond motifs is 1. The number of hydrogen-bond donors (Lipinski definition) is 0. The number of aromatic nitrogens is 5. The van der Waals surface area contributed by atoms with Gasteiger partial charge in [0.1, 0.15) is 22.9 Å². The molecule has 0 saturated carbocycles. The minimum Gasteiger partial charge on any atom is -0.321 e. The first-order valence-corrected chi connectivity index (χ1v) is 9.66. The van der Waals surface area contributed by atoms with Crippen LogP contribution in [0.25, 0.3) is 22.4 Å². The maximum atomic E-state index is 13.9. The van der Waals surface area contributed by atoms with Gasteiger partial charge in [-0.05, 0) is 49.6 Å². The number of imidazole rings is 2. The second-order valence-corrected chi connectivity index (χ2v) is 7.62. The summed E-state index contributed by atoms with van der Waals surface area (Å²) in [5.41, 5.74) is 2.82. The van der Waals surface area contributed by atoms with Gasteiger partial charge in [-0.25, -0.2) is 18.7 Å². The van der Waals surface area contributed by atoms with Crippen molar-refractivity contribution in [2.45, 2.75) is 13.1 Å². The Hall–Kier alpha value is -2.13. The van der Waals surface area contributed by atoms with Crippen molar-refractivity contribution in [3.05, 3.63) is 63.6 Å². The topological polar surface area (TPSA) is 48.5 Å². The SMILES string of the molecule is FCCn1c(-c2cncc(Cn3cncc3Br)c2)nc2cc(F)c(Br)cc21. The van der Waals surface area contributed by atoms with Crippen LogP contribution in [0.3, 0.4) is 0 Å². The molecule has 4 rings (SSSR count). The number of rotatable bonds is 5. The Morgan fingerprint density at radius 1 is 1.04 bits per heavy atom. The van der Waals surface area contributed by atoms with Gasteiger partial charge in [-0.1, -0.05) is 0 Å². The van der Waals surface area contributed by atoms with Crippen molar-refractivity contribution in [1.82, 2.24) is 24.1 Å². The summed E-state index contributed by atoms with van der Waals surface area (Å²) in [5.74, 6) is 0.148. The quantitative estimate of drug-likeness (QED) is 0.391. The predicted molar refractivity (Wildman–Crippen MR) is 106 cm³/mol. The van der Waals surface area contributed by atoms with Crippen LogP contribution in [0, 0.1) is 5.82 Å². The molecule has 0 saturated heterocycles. The molecule has 0 spiro atoms. The van der Waals surface area contributed by atoms with Gasteiger partial charge in [0, 0.05) is 24.0 Å². The molecule has 5 nitrogen and oxygen atoms in total. The van der Waals surface area contributed by atoms with Crippen LogP contribution in [0.15, 0.2) is 52.2 Å². The van der Waals surface area contributed by atoms with Crippen molar-refractivity contribution in [2.24, 2.45) is 0 Å². The highest BCUT2D eigenvalue weighted by molar-refractivity contribution is 9.10. The minimum absolute atomic E-state index is 0.126. The molecule has 0 aliphatic rings. The molecule has 1 aromatic carbocycles. The molecule has 0 radical (unpaired) electrons. The zero-order valence-corrected chi connectivity index (χ0v) is 17.1. The molecule has 0 aliphatic carbocycles. The van der Waals surface area contributed by atoms with E-state index in [0.29, 0.717) is 27.9 Å². The predicted octanol–water partition coefficient (Wildman–Crippen LogP) is 4.98. The fourth-order valence-electron chi connectivity index (χ4n) is 2.97. The van der Waals surface area contributed by atoms with Gasteiger partial charge in [-0.2, -0.15) is 0 Å². The normalized spacial score (nSPS) is 11.4. The van der Waals surface area contributed by atoms with E-state index >= 15 is 0 Å². The van der Waals surface area contributed by atoms with Crippen LogP contribution < -0.4 is 0 Å². The standard InChI is InChI=1S/C18H13Br2F2N5/c19-13-4-16-15(5-14(13)22)25-18(27(16)2-1-21)12-3-11(6-23-7-12)9-26-10-24-8-17(26)20/h3-8,10H,1-2,9H2.